The van der Waals surface area contributed by atoms with Crippen LogP contribution in [-0.2, 0) is 33.3 Å². The molecule has 9 heteroatoms. The highest BCUT2D eigenvalue weighted by molar-refractivity contribution is 5.71. The van der Waals surface area contributed by atoms with E-state index >= 15 is 0 Å². The van der Waals surface area contributed by atoms with Crippen LogP contribution in [0.4, 0.5) is 0 Å². The first kappa shape index (κ1) is 83.0. The number of carboxylic acids is 1. The summed E-state index contributed by atoms with van der Waals surface area (Å²) in [6.07, 6.45) is 92.1. The lowest BCUT2D eigenvalue weighted by molar-refractivity contribution is -0.870. The van der Waals surface area contributed by atoms with Gasteiger partial charge in [-0.25, -0.2) is 4.79 Å². The van der Waals surface area contributed by atoms with Crippen LogP contribution >= 0.6 is 0 Å². The number of hydrogen-bond acceptors (Lipinski definition) is 7. The van der Waals surface area contributed by atoms with Gasteiger partial charge >= 0.3 is 17.9 Å². The van der Waals surface area contributed by atoms with Crippen LogP contribution in [0.3, 0.4) is 0 Å². The Bertz CT molecular complexity index is 1800. The van der Waals surface area contributed by atoms with Gasteiger partial charge in [0.05, 0.1) is 34.4 Å². The maximum Gasteiger partial charge on any atom is 0.361 e. The molecule has 2 atom stereocenters. The van der Waals surface area contributed by atoms with E-state index in [0.29, 0.717) is 23.9 Å². The number of rotatable bonds is 66. The minimum atomic E-state index is -1.52. The van der Waals surface area contributed by atoms with E-state index in [-0.39, 0.29) is 32.2 Å². The fourth-order valence-corrected chi connectivity index (χ4v) is 10.0. The van der Waals surface area contributed by atoms with E-state index in [1.807, 2.05) is 21.1 Å². The first-order valence-electron chi connectivity index (χ1n) is 36.1. The maximum absolute atomic E-state index is 12.9. The fourth-order valence-electron chi connectivity index (χ4n) is 10.0. The molecule has 0 heterocycles. The molecule has 0 aromatic carbocycles. The third-order valence-corrected chi connectivity index (χ3v) is 15.5. The highest BCUT2D eigenvalue weighted by Crippen LogP contribution is 2.17. The highest BCUT2D eigenvalue weighted by atomic mass is 16.7. The van der Waals surface area contributed by atoms with Crippen molar-refractivity contribution in [2.24, 2.45) is 0 Å². The second-order valence-electron chi connectivity index (χ2n) is 25.2. The van der Waals surface area contributed by atoms with Crippen LogP contribution in [0.5, 0.6) is 0 Å². The molecule has 0 saturated heterocycles. The highest BCUT2D eigenvalue weighted by Gasteiger charge is 2.25. The molecule has 0 aromatic heterocycles. The molecule has 9 nitrogen and oxygen atoms in total. The van der Waals surface area contributed by atoms with Gasteiger partial charge in [-0.1, -0.05) is 303 Å². The van der Waals surface area contributed by atoms with Gasteiger partial charge in [-0.2, -0.15) is 0 Å². The molecule has 0 saturated carbocycles. The summed E-state index contributed by atoms with van der Waals surface area (Å²) in [7, 11) is 5.97. The van der Waals surface area contributed by atoms with Crippen molar-refractivity contribution in [2.45, 2.75) is 322 Å². The van der Waals surface area contributed by atoms with Crippen molar-refractivity contribution in [1.29, 1.82) is 0 Å². The molecular formula is C78H136NO8+. The molecule has 0 aromatic rings. The number of aliphatic carboxylic acids is 1. The van der Waals surface area contributed by atoms with Gasteiger partial charge < -0.3 is 28.5 Å². The number of carbonyl (C=O) groups excluding carboxylic acids is 2. The van der Waals surface area contributed by atoms with Crippen LogP contribution in [0.15, 0.2) is 109 Å². The Balaban J connectivity index is 4.15. The van der Waals surface area contributed by atoms with Crippen molar-refractivity contribution >= 4 is 17.9 Å². The Morgan fingerprint density at radius 2 is 0.655 bits per heavy atom. The molecule has 1 N–H and O–H groups in total. The number of carboxylic acid groups (broad SMARTS) is 1. The van der Waals surface area contributed by atoms with Gasteiger partial charge in [0.25, 0.3) is 6.29 Å². The second-order valence-corrected chi connectivity index (χ2v) is 25.2. The lowest BCUT2D eigenvalue weighted by Gasteiger charge is -2.25. The molecule has 0 aliphatic carbocycles. The average molecular weight is 1220 g/mol. The lowest BCUT2D eigenvalue weighted by Crippen LogP contribution is -2.40. The lowest BCUT2D eigenvalue weighted by atomic mass is 10.0. The number of ether oxygens (including phenoxy) is 4. The number of unbranched alkanes of at least 4 members (excludes halogenated alkanes) is 33. The Kier molecular flexibility index (Phi) is 64.7. The van der Waals surface area contributed by atoms with E-state index in [4.69, 9.17) is 18.9 Å². The van der Waals surface area contributed by atoms with Crippen molar-refractivity contribution < 1.29 is 42.9 Å². The molecule has 87 heavy (non-hydrogen) atoms. The van der Waals surface area contributed by atoms with Crippen molar-refractivity contribution in [1.82, 2.24) is 0 Å². The fraction of sp³-hybridized carbons (Fsp3) is 0.731. The number of carbonyl (C=O) groups is 3. The summed E-state index contributed by atoms with van der Waals surface area (Å²) in [6, 6.07) is 0. The molecule has 0 fully saturated rings. The third kappa shape index (κ3) is 69.3. The van der Waals surface area contributed by atoms with E-state index in [1.165, 1.54) is 180 Å². The van der Waals surface area contributed by atoms with Gasteiger partial charge in [0.1, 0.15) is 13.2 Å². The quantitative estimate of drug-likeness (QED) is 0.0211. The topological polar surface area (TPSA) is 108 Å². The van der Waals surface area contributed by atoms with Crippen LogP contribution in [0.2, 0.25) is 0 Å². The number of esters is 2. The summed E-state index contributed by atoms with van der Waals surface area (Å²) in [5, 5.41) is 9.75. The molecule has 0 spiro atoms. The van der Waals surface area contributed by atoms with Gasteiger partial charge in [0.15, 0.2) is 6.10 Å². The SMILES string of the molecule is CC/C=C\C/C=C\C/C=C\C/C=C\C/C=C\C/C=C\C/C=C\C/C=C\CCCCCCC(=O)OC(COC(=O)CCCCCCCCCCCCCCCCCCCCCCC/C=C\CCCCCCCCCC)COC(OCC[N+](C)(C)C)C(=O)O. The number of hydrogen-bond donors (Lipinski definition) is 1. The van der Waals surface area contributed by atoms with Crippen LogP contribution in [0.25, 0.3) is 0 Å². The van der Waals surface area contributed by atoms with Crippen molar-refractivity contribution in [3.05, 3.63) is 109 Å². The van der Waals surface area contributed by atoms with Crippen molar-refractivity contribution in [3.63, 3.8) is 0 Å². The third-order valence-electron chi connectivity index (χ3n) is 15.5. The predicted molar refractivity (Wildman–Crippen MR) is 373 cm³/mol. The van der Waals surface area contributed by atoms with E-state index in [1.54, 1.807) is 0 Å². The summed E-state index contributed by atoms with van der Waals surface area (Å²) in [5.74, 6) is -2.04. The summed E-state index contributed by atoms with van der Waals surface area (Å²) < 4.78 is 23.0. The number of quaternary nitrogens is 1. The molecule has 2 unspecified atom stereocenters. The number of nitrogens with zero attached hydrogens (tertiary/aromatic N) is 1. The standard InChI is InChI=1S/C78H135NO8/c1-6-8-10-12-14-16-18-20-22-24-26-28-30-32-34-36-37-38-39-41-42-44-46-48-50-52-54-56-58-60-62-64-66-68-75(80)85-72-74(73-86-78(77(82)83)84-71-70-79(3,4)5)87-76(81)69-67-65-63-61-59-57-55-53-51-49-47-45-43-40-35-33-31-29-27-25-23-21-19-17-15-13-11-9-7-2/h9,11,15,17,21,23-24,26-27,29,33,35,43,45,49,51,55,57,74,78H,6-8,10,12-14,16,18-20,22,25,28,30-32,34,36-42,44,46-48,50,52-54,56,58-73H2,1-5H3/p+1/b11-9-,17-15-,23-21-,26-24-,29-27-,35-33-,45-43-,51-49-,57-55-. The van der Waals surface area contributed by atoms with Crippen molar-refractivity contribution in [3.8, 4) is 0 Å². The largest absolute Gasteiger partial charge is 0.477 e. The molecule has 0 radical (unpaired) electrons. The first-order valence-corrected chi connectivity index (χ1v) is 36.1. The molecule has 500 valence electrons. The van der Waals surface area contributed by atoms with Gasteiger partial charge in [0, 0.05) is 12.8 Å². The molecule has 0 aliphatic rings. The van der Waals surface area contributed by atoms with Crippen LogP contribution < -0.4 is 0 Å². The van der Waals surface area contributed by atoms with E-state index in [9.17, 15) is 19.5 Å². The Morgan fingerprint density at radius 3 is 0.989 bits per heavy atom. The summed E-state index contributed by atoms with van der Waals surface area (Å²) in [4.78, 5) is 37.6. The Hall–Kier alpha value is -4.05. The monoisotopic (exact) mass is 1220 g/mol. The van der Waals surface area contributed by atoms with Gasteiger partial charge in [-0.3, -0.25) is 9.59 Å². The maximum atomic E-state index is 12.9. The number of allylic oxidation sites excluding steroid dienone is 18. The van der Waals surface area contributed by atoms with Gasteiger partial charge in [-0.15, -0.1) is 0 Å². The van der Waals surface area contributed by atoms with E-state index in [2.05, 4.69) is 123 Å². The zero-order valence-electron chi connectivity index (χ0n) is 57.2. The minimum Gasteiger partial charge on any atom is -0.477 e. The zero-order valence-corrected chi connectivity index (χ0v) is 57.2. The van der Waals surface area contributed by atoms with Crippen LogP contribution in [0, 0.1) is 0 Å². The molecule has 0 rings (SSSR count). The molecule has 0 amide bonds. The van der Waals surface area contributed by atoms with Crippen molar-refractivity contribution in [2.75, 3.05) is 47.5 Å². The molecular weight excluding hydrogens is 1080 g/mol. The average Bonchev–Trinajstić information content (AvgIpc) is 3.57. The first-order chi connectivity index (χ1) is 42.6. The normalized spacial score (nSPS) is 13.3. The van der Waals surface area contributed by atoms with Gasteiger partial charge in [-0.05, 0) is 103 Å². The van der Waals surface area contributed by atoms with E-state index in [0.717, 1.165) is 96.3 Å². The Labute approximate surface area is 536 Å². The van der Waals surface area contributed by atoms with E-state index < -0.39 is 24.3 Å². The molecule has 0 aliphatic heterocycles. The second kappa shape index (κ2) is 67.9. The summed E-state index contributed by atoms with van der Waals surface area (Å²) in [5.41, 5.74) is 0. The smallest absolute Gasteiger partial charge is 0.361 e. The van der Waals surface area contributed by atoms with Crippen LogP contribution in [-0.4, -0.2) is 87.4 Å². The van der Waals surface area contributed by atoms with Gasteiger partial charge in [0.2, 0.25) is 0 Å². The van der Waals surface area contributed by atoms with Crippen LogP contribution in [0.1, 0.15) is 309 Å². The Morgan fingerprint density at radius 1 is 0.356 bits per heavy atom. The summed E-state index contributed by atoms with van der Waals surface area (Å²) in [6.45, 7) is 4.76. The number of likely N-dealkylation sites (N-methyl/N-ethyl adjacent to an activating group) is 1. The molecule has 0 bridgehead atoms. The minimum absolute atomic E-state index is 0.178. The predicted octanol–water partition coefficient (Wildman–Crippen LogP) is 22.6. The summed E-state index contributed by atoms with van der Waals surface area (Å²) >= 11 is 0. The zero-order chi connectivity index (χ0) is 63.3.